The Balaban J connectivity index is 1.63. The molecule has 0 radical (unpaired) electrons. The summed E-state index contributed by atoms with van der Waals surface area (Å²) >= 11 is 0. The summed E-state index contributed by atoms with van der Waals surface area (Å²) in [6, 6.07) is 3.65. The maximum absolute atomic E-state index is 12.6. The van der Waals surface area contributed by atoms with Gasteiger partial charge in [-0.05, 0) is 31.0 Å². The van der Waals surface area contributed by atoms with E-state index in [1.165, 1.54) is 7.11 Å². The first-order valence-corrected chi connectivity index (χ1v) is 7.76. The van der Waals surface area contributed by atoms with E-state index in [2.05, 4.69) is 15.1 Å². The van der Waals surface area contributed by atoms with Gasteiger partial charge in [0.15, 0.2) is 0 Å². The van der Waals surface area contributed by atoms with Crippen LogP contribution in [0.25, 0.3) is 0 Å². The molecule has 0 spiro atoms. The van der Waals surface area contributed by atoms with Crippen molar-refractivity contribution >= 4 is 5.91 Å². The van der Waals surface area contributed by atoms with Crippen molar-refractivity contribution in [2.75, 3.05) is 13.7 Å². The fourth-order valence-electron chi connectivity index (χ4n) is 2.91. The first-order valence-electron chi connectivity index (χ1n) is 7.76. The van der Waals surface area contributed by atoms with Crippen molar-refractivity contribution in [2.24, 2.45) is 0 Å². The van der Waals surface area contributed by atoms with E-state index in [0.29, 0.717) is 24.5 Å². The van der Waals surface area contributed by atoms with Gasteiger partial charge >= 0.3 is 0 Å². The minimum Gasteiger partial charge on any atom is -0.479 e. The topological polar surface area (TPSA) is 81.4 Å². The van der Waals surface area contributed by atoms with Crippen LogP contribution in [0.1, 0.15) is 42.6 Å². The molecule has 0 unspecified atom stereocenters. The van der Waals surface area contributed by atoms with Crippen molar-refractivity contribution in [3.05, 3.63) is 35.6 Å². The van der Waals surface area contributed by atoms with E-state index in [1.54, 1.807) is 12.3 Å². The SMILES string of the molecule is COc1cc(CCC(=O)N2CCC[C@H]2c2ccnc(C)n2)on1. The molecule has 0 saturated carbocycles. The summed E-state index contributed by atoms with van der Waals surface area (Å²) < 4.78 is 10.1. The molecule has 0 bridgehead atoms. The third kappa shape index (κ3) is 3.49. The lowest BCUT2D eigenvalue weighted by molar-refractivity contribution is -0.132. The zero-order chi connectivity index (χ0) is 16.2. The number of likely N-dealkylation sites (tertiary alicyclic amines) is 1. The van der Waals surface area contributed by atoms with E-state index in [0.717, 1.165) is 30.9 Å². The number of methoxy groups -OCH3 is 1. The number of carbonyl (C=O) groups is 1. The molecule has 1 aliphatic heterocycles. The summed E-state index contributed by atoms with van der Waals surface area (Å²) in [5, 5.41) is 3.74. The molecule has 0 aliphatic carbocycles. The Morgan fingerprint density at radius 1 is 1.52 bits per heavy atom. The number of nitrogens with zero attached hydrogens (tertiary/aromatic N) is 4. The minimum absolute atomic E-state index is 0.0495. The Bertz CT molecular complexity index is 685. The van der Waals surface area contributed by atoms with Crippen LogP contribution in [0.2, 0.25) is 0 Å². The first-order chi connectivity index (χ1) is 11.2. The van der Waals surface area contributed by atoms with E-state index in [-0.39, 0.29) is 11.9 Å². The zero-order valence-electron chi connectivity index (χ0n) is 13.4. The minimum atomic E-state index is 0.0495. The van der Waals surface area contributed by atoms with Gasteiger partial charge in [0.1, 0.15) is 11.6 Å². The fraction of sp³-hybridized carbons (Fsp3) is 0.500. The van der Waals surface area contributed by atoms with Gasteiger partial charge in [-0.3, -0.25) is 4.79 Å². The van der Waals surface area contributed by atoms with Crippen LogP contribution < -0.4 is 4.74 Å². The number of ether oxygens (including phenoxy) is 1. The quantitative estimate of drug-likeness (QED) is 0.840. The van der Waals surface area contributed by atoms with E-state index >= 15 is 0 Å². The zero-order valence-corrected chi connectivity index (χ0v) is 13.4. The summed E-state index contributed by atoms with van der Waals surface area (Å²) in [6.07, 6.45) is 4.59. The highest BCUT2D eigenvalue weighted by Gasteiger charge is 2.30. The smallest absolute Gasteiger partial charge is 0.254 e. The Morgan fingerprint density at radius 3 is 3.13 bits per heavy atom. The van der Waals surface area contributed by atoms with Gasteiger partial charge in [-0.25, -0.2) is 9.97 Å². The van der Waals surface area contributed by atoms with E-state index < -0.39 is 0 Å². The molecular formula is C16H20N4O3. The highest BCUT2D eigenvalue weighted by molar-refractivity contribution is 5.77. The summed E-state index contributed by atoms with van der Waals surface area (Å²) in [5.74, 6) is 1.93. The Hall–Kier alpha value is -2.44. The standard InChI is InChI=1S/C16H20N4O3/c1-11-17-8-7-13(18-11)14-4-3-9-20(14)16(21)6-5-12-10-15(22-2)19-23-12/h7-8,10,14H,3-6,9H2,1-2H3/t14-/m0/s1. The second-order valence-corrected chi connectivity index (χ2v) is 5.61. The lowest BCUT2D eigenvalue weighted by Crippen LogP contribution is -2.31. The number of aryl methyl sites for hydroxylation is 2. The van der Waals surface area contributed by atoms with Crippen LogP contribution in [0, 0.1) is 6.92 Å². The van der Waals surface area contributed by atoms with Crippen molar-refractivity contribution in [1.29, 1.82) is 0 Å². The molecule has 3 rings (SSSR count). The van der Waals surface area contributed by atoms with Gasteiger partial charge in [-0.1, -0.05) is 0 Å². The van der Waals surface area contributed by atoms with Crippen molar-refractivity contribution in [3.8, 4) is 5.88 Å². The predicted molar refractivity (Wildman–Crippen MR) is 81.8 cm³/mol. The molecule has 2 aromatic heterocycles. The van der Waals surface area contributed by atoms with Crippen LogP contribution in [0.15, 0.2) is 22.9 Å². The highest BCUT2D eigenvalue weighted by atomic mass is 16.5. The Morgan fingerprint density at radius 2 is 2.39 bits per heavy atom. The predicted octanol–water partition coefficient (Wildman–Crippen LogP) is 2.08. The van der Waals surface area contributed by atoms with E-state index in [1.807, 2.05) is 17.9 Å². The Labute approximate surface area is 134 Å². The van der Waals surface area contributed by atoms with Crippen molar-refractivity contribution in [3.63, 3.8) is 0 Å². The second kappa shape index (κ2) is 6.76. The average molecular weight is 316 g/mol. The maximum Gasteiger partial charge on any atom is 0.254 e. The largest absolute Gasteiger partial charge is 0.479 e. The summed E-state index contributed by atoms with van der Waals surface area (Å²) in [5.41, 5.74) is 0.921. The molecule has 0 aromatic carbocycles. The lowest BCUT2D eigenvalue weighted by Gasteiger charge is -2.24. The van der Waals surface area contributed by atoms with Crippen molar-refractivity contribution in [1.82, 2.24) is 20.0 Å². The molecule has 2 aromatic rings. The molecule has 1 saturated heterocycles. The monoisotopic (exact) mass is 316 g/mol. The van der Waals surface area contributed by atoms with Gasteiger partial charge in [0, 0.05) is 31.6 Å². The Kier molecular flexibility index (Phi) is 4.55. The molecule has 122 valence electrons. The number of carbonyl (C=O) groups excluding carboxylic acids is 1. The molecule has 3 heterocycles. The van der Waals surface area contributed by atoms with Gasteiger partial charge < -0.3 is 14.2 Å². The average Bonchev–Trinajstić information content (AvgIpc) is 3.21. The van der Waals surface area contributed by atoms with Gasteiger partial charge in [-0.2, -0.15) is 0 Å². The fourth-order valence-corrected chi connectivity index (χ4v) is 2.91. The van der Waals surface area contributed by atoms with Crippen molar-refractivity contribution in [2.45, 2.75) is 38.6 Å². The molecule has 1 atom stereocenters. The molecule has 23 heavy (non-hydrogen) atoms. The number of rotatable bonds is 5. The van der Waals surface area contributed by atoms with Gasteiger partial charge in [-0.15, -0.1) is 0 Å². The van der Waals surface area contributed by atoms with E-state index in [9.17, 15) is 4.79 Å². The number of hydrogen-bond donors (Lipinski definition) is 0. The van der Waals surface area contributed by atoms with Crippen molar-refractivity contribution < 1.29 is 14.1 Å². The molecule has 1 fully saturated rings. The number of hydrogen-bond acceptors (Lipinski definition) is 6. The summed E-state index contributed by atoms with van der Waals surface area (Å²) in [6.45, 7) is 2.63. The lowest BCUT2D eigenvalue weighted by atomic mass is 10.1. The highest BCUT2D eigenvalue weighted by Crippen LogP contribution is 2.31. The van der Waals surface area contributed by atoms with Gasteiger partial charge in [0.2, 0.25) is 5.91 Å². The third-order valence-corrected chi connectivity index (χ3v) is 4.04. The molecule has 0 N–H and O–H groups in total. The normalized spacial score (nSPS) is 17.5. The molecule has 1 aliphatic rings. The molecular weight excluding hydrogens is 296 g/mol. The molecule has 7 nitrogen and oxygen atoms in total. The van der Waals surface area contributed by atoms with Crippen LogP contribution in [0.4, 0.5) is 0 Å². The van der Waals surface area contributed by atoms with Gasteiger partial charge in [0.25, 0.3) is 5.88 Å². The second-order valence-electron chi connectivity index (χ2n) is 5.61. The van der Waals surface area contributed by atoms with Crippen LogP contribution in [-0.4, -0.2) is 39.6 Å². The van der Waals surface area contributed by atoms with Gasteiger partial charge in [0.05, 0.1) is 18.8 Å². The summed E-state index contributed by atoms with van der Waals surface area (Å²) in [7, 11) is 1.53. The van der Waals surface area contributed by atoms with Crippen LogP contribution in [0.5, 0.6) is 5.88 Å². The van der Waals surface area contributed by atoms with Crippen LogP contribution >= 0.6 is 0 Å². The van der Waals surface area contributed by atoms with E-state index in [4.69, 9.17) is 9.26 Å². The van der Waals surface area contributed by atoms with Crippen LogP contribution in [0.3, 0.4) is 0 Å². The maximum atomic E-state index is 12.6. The third-order valence-electron chi connectivity index (χ3n) is 4.04. The number of amides is 1. The first kappa shape index (κ1) is 15.5. The van der Waals surface area contributed by atoms with Crippen LogP contribution in [-0.2, 0) is 11.2 Å². The molecule has 7 heteroatoms. The number of aromatic nitrogens is 3. The molecule has 1 amide bonds. The summed E-state index contributed by atoms with van der Waals surface area (Å²) in [4.78, 5) is 23.1.